The third-order valence-electron chi connectivity index (χ3n) is 0.934. The lowest BCUT2D eigenvalue weighted by Gasteiger charge is -2.31. The Labute approximate surface area is 78.8 Å². The summed E-state index contributed by atoms with van der Waals surface area (Å²) in [5.74, 6) is 0. The van der Waals surface area contributed by atoms with E-state index in [1.165, 1.54) is 0 Å². The van der Waals surface area contributed by atoms with Gasteiger partial charge in [-0.1, -0.05) is 11.2 Å². The molecule has 0 atom stereocenters. The van der Waals surface area contributed by atoms with Gasteiger partial charge < -0.3 is 0 Å². The zero-order valence-electron chi connectivity index (χ0n) is 6.58. The van der Waals surface area contributed by atoms with Crippen molar-refractivity contribution in [3.05, 3.63) is 0 Å². The average Bonchev–Trinajstić information content (AvgIpc) is 1.59. The first-order valence-corrected chi connectivity index (χ1v) is 6.00. The van der Waals surface area contributed by atoms with Crippen molar-refractivity contribution in [2.24, 2.45) is 0 Å². The molecule has 0 aliphatic heterocycles. The lowest BCUT2D eigenvalue weighted by atomic mass is 10.5. The van der Waals surface area contributed by atoms with Crippen LogP contribution in [0, 0.1) is 0 Å². The molecule has 0 radical (unpaired) electrons. The average molecular weight is 221 g/mol. The van der Waals surface area contributed by atoms with Crippen LogP contribution in [-0.4, -0.2) is 9.23 Å². The number of hydrogen-bond acceptors (Lipinski definition) is 0. The maximum Gasteiger partial charge on any atom is 0.0742 e. The fraction of sp³-hybridized carbons (Fsp3) is 1.00. The highest BCUT2D eigenvalue weighted by atomic mass is 35.7. The highest BCUT2D eigenvalue weighted by Crippen LogP contribution is 2.66. The monoisotopic (exact) mass is 220 g/mol. The molecule has 0 aliphatic rings. The van der Waals surface area contributed by atoms with Gasteiger partial charge in [0.05, 0.1) is 9.23 Å². The smallest absolute Gasteiger partial charge is 0.0742 e. The number of halogens is 3. The van der Waals surface area contributed by atoms with Crippen molar-refractivity contribution in [2.75, 3.05) is 0 Å². The van der Waals surface area contributed by atoms with Crippen LogP contribution in [0.25, 0.3) is 0 Å². The van der Waals surface area contributed by atoms with E-state index in [0.717, 1.165) is 0 Å². The molecule has 4 heteroatoms. The van der Waals surface area contributed by atoms with Gasteiger partial charge in [-0.15, -0.1) is 23.2 Å². The molecular weight excluding hydrogens is 209 g/mol. The topological polar surface area (TPSA) is 0 Å². The van der Waals surface area contributed by atoms with Gasteiger partial charge in [0.2, 0.25) is 0 Å². The van der Waals surface area contributed by atoms with Gasteiger partial charge >= 0.3 is 0 Å². The Hall–Kier alpha value is 1.30. The van der Waals surface area contributed by atoms with Gasteiger partial charge in [-0.2, -0.15) is 0 Å². The Balaban J connectivity index is 4.23. The second-order valence-electron chi connectivity index (χ2n) is 3.10. The fourth-order valence-electron chi connectivity index (χ4n) is 0.632. The molecule has 0 heterocycles. The summed E-state index contributed by atoms with van der Waals surface area (Å²) in [6.45, 7) is 7.55. The second-order valence-corrected chi connectivity index (χ2v) is 9.33. The van der Waals surface area contributed by atoms with Crippen LogP contribution in [0.2, 0.25) is 0 Å². The van der Waals surface area contributed by atoms with E-state index in [0.29, 0.717) is 0 Å². The van der Waals surface area contributed by atoms with Crippen LogP contribution in [0.3, 0.4) is 0 Å². The Morgan fingerprint density at radius 2 is 1.10 bits per heavy atom. The van der Waals surface area contributed by atoms with Crippen molar-refractivity contribution >= 4 is 41.7 Å². The number of rotatable bonds is 2. The van der Waals surface area contributed by atoms with Crippen LogP contribution in [0.4, 0.5) is 0 Å². The van der Waals surface area contributed by atoms with Crippen molar-refractivity contribution in [1.29, 1.82) is 0 Å². The molecule has 10 heavy (non-hydrogen) atoms. The van der Waals surface area contributed by atoms with Crippen molar-refractivity contribution < 1.29 is 0 Å². The molecule has 0 fully saturated rings. The molecule has 0 saturated carbocycles. The molecule has 0 nitrogen and oxygen atoms in total. The Morgan fingerprint density at radius 3 is 1.10 bits per heavy atom. The normalized spacial score (nSPS) is 14.4. The standard InChI is InChI=1S/C6H12Cl3P/c1-5(2,7)10(9)6(3,4)8/h1-4H3. The third kappa shape index (κ3) is 3.62. The zero-order chi connectivity index (χ0) is 8.58. The van der Waals surface area contributed by atoms with Crippen molar-refractivity contribution in [3.8, 4) is 0 Å². The van der Waals surface area contributed by atoms with E-state index in [1.807, 2.05) is 27.7 Å². The van der Waals surface area contributed by atoms with Crippen LogP contribution >= 0.6 is 41.7 Å². The van der Waals surface area contributed by atoms with E-state index >= 15 is 0 Å². The van der Waals surface area contributed by atoms with E-state index in [1.54, 1.807) is 0 Å². The first kappa shape index (κ1) is 11.3. The molecule has 0 bridgehead atoms. The van der Waals surface area contributed by atoms with Gasteiger partial charge in [0.15, 0.2) is 0 Å². The summed E-state index contributed by atoms with van der Waals surface area (Å²) in [5, 5.41) is 0. The zero-order valence-corrected chi connectivity index (χ0v) is 9.74. The molecule has 0 aromatic heterocycles. The summed E-state index contributed by atoms with van der Waals surface area (Å²) >= 11 is 18.0. The molecule has 0 rings (SSSR count). The second kappa shape index (κ2) is 3.35. The van der Waals surface area contributed by atoms with Crippen LogP contribution in [0.5, 0.6) is 0 Å². The molecule has 0 spiro atoms. The quantitative estimate of drug-likeness (QED) is 0.473. The van der Waals surface area contributed by atoms with Crippen LogP contribution in [0.1, 0.15) is 27.7 Å². The van der Waals surface area contributed by atoms with Crippen LogP contribution < -0.4 is 0 Å². The van der Waals surface area contributed by atoms with Gasteiger partial charge in [-0.3, -0.25) is 0 Å². The Morgan fingerprint density at radius 1 is 0.900 bits per heavy atom. The highest BCUT2D eigenvalue weighted by Gasteiger charge is 2.36. The van der Waals surface area contributed by atoms with Gasteiger partial charge in [0.25, 0.3) is 0 Å². The minimum Gasteiger partial charge on any atom is -0.113 e. The molecular formula is C6H12Cl3P. The molecule has 0 aromatic carbocycles. The fourth-order valence-corrected chi connectivity index (χ4v) is 3.29. The summed E-state index contributed by atoms with van der Waals surface area (Å²) in [6, 6.07) is 0. The van der Waals surface area contributed by atoms with Crippen molar-refractivity contribution in [3.63, 3.8) is 0 Å². The summed E-state index contributed by atoms with van der Waals surface area (Å²) in [4.78, 5) is 0. The summed E-state index contributed by atoms with van der Waals surface area (Å²) in [6.07, 6.45) is 0. The molecule has 62 valence electrons. The van der Waals surface area contributed by atoms with Gasteiger partial charge in [-0.25, -0.2) is 0 Å². The van der Waals surface area contributed by atoms with E-state index in [4.69, 9.17) is 34.4 Å². The Bertz CT molecular complexity index is 97.1. The first-order valence-electron chi connectivity index (χ1n) is 2.99. The van der Waals surface area contributed by atoms with Crippen molar-refractivity contribution in [2.45, 2.75) is 36.9 Å². The molecule has 0 saturated heterocycles. The van der Waals surface area contributed by atoms with Gasteiger partial charge in [-0.05, 0) is 27.7 Å². The lowest BCUT2D eigenvalue weighted by molar-refractivity contribution is 0.921. The predicted octanol–water partition coefficient (Wildman–Crippen LogP) is 4.57. The van der Waals surface area contributed by atoms with E-state index < -0.39 is 7.27 Å². The lowest BCUT2D eigenvalue weighted by Crippen LogP contribution is -2.17. The van der Waals surface area contributed by atoms with E-state index in [2.05, 4.69) is 0 Å². The Kier molecular flexibility index (Phi) is 3.79. The van der Waals surface area contributed by atoms with Gasteiger partial charge in [0, 0.05) is 7.27 Å². The summed E-state index contributed by atoms with van der Waals surface area (Å²) < 4.78 is -0.774. The minimum absolute atomic E-state index is 0.387. The molecule has 0 aliphatic carbocycles. The van der Waals surface area contributed by atoms with Crippen LogP contribution in [0.15, 0.2) is 0 Å². The number of hydrogen-bond donors (Lipinski definition) is 0. The van der Waals surface area contributed by atoms with Gasteiger partial charge in [0.1, 0.15) is 0 Å². The SMILES string of the molecule is CC(C)(Cl)P(Cl)C(C)(C)Cl. The molecule has 0 aromatic rings. The van der Waals surface area contributed by atoms with Crippen molar-refractivity contribution in [1.82, 2.24) is 0 Å². The largest absolute Gasteiger partial charge is 0.113 e. The molecule has 0 amide bonds. The maximum atomic E-state index is 6.03. The maximum absolute atomic E-state index is 6.03. The summed E-state index contributed by atoms with van der Waals surface area (Å²) in [7, 11) is -0.860. The van der Waals surface area contributed by atoms with E-state index in [9.17, 15) is 0 Å². The first-order chi connectivity index (χ1) is 4.15. The third-order valence-corrected chi connectivity index (χ3v) is 6.87. The number of alkyl halides is 2. The minimum atomic E-state index is -0.860. The highest BCUT2D eigenvalue weighted by molar-refractivity contribution is 7.88. The molecule has 0 N–H and O–H groups in total. The molecule has 0 unspecified atom stereocenters. The predicted molar refractivity (Wildman–Crippen MR) is 52.6 cm³/mol. The van der Waals surface area contributed by atoms with E-state index in [-0.39, 0.29) is 9.23 Å². The van der Waals surface area contributed by atoms with Crippen LogP contribution in [-0.2, 0) is 0 Å². The summed E-state index contributed by atoms with van der Waals surface area (Å²) in [5.41, 5.74) is 0.